The summed E-state index contributed by atoms with van der Waals surface area (Å²) in [7, 11) is -1.73. The van der Waals surface area contributed by atoms with Crippen LogP contribution in [0, 0.1) is 74.2 Å². The predicted molar refractivity (Wildman–Crippen MR) is 355 cm³/mol. The molecule has 4 aromatic rings. The van der Waals surface area contributed by atoms with Gasteiger partial charge >= 0.3 is 7.12 Å². The minimum absolute atomic E-state index is 0.0266. The van der Waals surface area contributed by atoms with Gasteiger partial charge in [-0.3, -0.25) is 0 Å². The van der Waals surface area contributed by atoms with Crippen molar-refractivity contribution in [1.82, 2.24) is 0 Å². The van der Waals surface area contributed by atoms with E-state index in [1.54, 1.807) is 18.2 Å². The van der Waals surface area contributed by atoms with Crippen LogP contribution in [-0.2, 0) is 0 Å². The Morgan fingerprint density at radius 1 is 0.345 bits per heavy atom. The summed E-state index contributed by atoms with van der Waals surface area (Å²) in [6.07, 6.45) is 47.4. The molecule has 0 unspecified atom stereocenters. The molecular weight excluding hydrogens is 1160 g/mol. The Hall–Kier alpha value is -2.69. The Morgan fingerprint density at radius 2 is 0.643 bits per heavy atom. The highest BCUT2D eigenvalue weighted by atomic mass is 127. The van der Waals surface area contributed by atoms with Crippen LogP contribution in [-0.4, -0.2) is 17.2 Å². The predicted octanol–water partition coefficient (Wildman–Crippen LogP) is 23.0. The van der Waals surface area contributed by atoms with Gasteiger partial charge in [-0.05, 0) is 275 Å². The van der Waals surface area contributed by atoms with Crippen LogP contribution in [0.5, 0.6) is 0 Å². The molecule has 10 rings (SSSR count). The van der Waals surface area contributed by atoms with Crippen molar-refractivity contribution in [2.24, 2.45) is 47.3 Å². The monoisotopic (exact) mass is 1270 g/mol. The highest BCUT2D eigenvalue weighted by molar-refractivity contribution is 14.1. The van der Waals surface area contributed by atoms with Crippen molar-refractivity contribution in [3.63, 3.8) is 0 Å². The van der Waals surface area contributed by atoms with E-state index in [0.29, 0.717) is 34.8 Å². The number of hydrogen-bond acceptors (Lipinski definition) is 2. The first-order valence-electron chi connectivity index (χ1n) is 35.0. The van der Waals surface area contributed by atoms with Gasteiger partial charge in [-0.1, -0.05) is 173 Å². The molecule has 464 valence electrons. The van der Waals surface area contributed by atoms with Crippen molar-refractivity contribution >= 4 is 35.2 Å². The Balaban J connectivity index is 0.000000178. The molecule has 2 N–H and O–H groups in total. The van der Waals surface area contributed by atoms with Gasteiger partial charge in [0.05, 0.1) is 0 Å². The first-order chi connectivity index (χ1) is 40.8. The Bertz CT molecular complexity index is 2520. The van der Waals surface area contributed by atoms with E-state index in [1.807, 2.05) is 24.3 Å². The maximum Gasteiger partial charge on any atom is 0.491 e. The van der Waals surface area contributed by atoms with Crippen LogP contribution in [0.1, 0.15) is 305 Å². The highest BCUT2D eigenvalue weighted by Crippen LogP contribution is 2.47. The largest absolute Gasteiger partial charge is 0.491 e. The van der Waals surface area contributed by atoms with Gasteiger partial charge in [0, 0.05) is 20.2 Å². The third kappa shape index (κ3) is 19.7. The summed E-state index contributed by atoms with van der Waals surface area (Å²) in [5, 5.41) is 18.3. The fraction of sp³-hybridized carbons (Fsp3) is 0.684. The second-order valence-corrected chi connectivity index (χ2v) is 29.3. The normalized spacial score (nSPS) is 28.3. The first kappa shape index (κ1) is 67.3. The summed E-state index contributed by atoms with van der Waals surface area (Å²) in [6.45, 7) is 9.14. The van der Waals surface area contributed by atoms with Gasteiger partial charge in [-0.25, -0.2) is 17.6 Å². The molecule has 0 aliphatic heterocycles. The average molecular weight is 1270 g/mol. The zero-order chi connectivity index (χ0) is 59.4. The van der Waals surface area contributed by atoms with E-state index in [0.717, 1.165) is 93.3 Å². The summed E-state index contributed by atoms with van der Waals surface area (Å²) in [5.74, 6) is 8.09. The molecular formula is C76H110BF4IO2. The first-order valence-corrected chi connectivity index (χ1v) is 36.1. The van der Waals surface area contributed by atoms with Gasteiger partial charge < -0.3 is 10.0 Å². The molecule has 0 heterocycles. The van der Waals surface area contributed by atoms with Crippen LogP contribution in [0.15, 0.2) is 72.8 Å². The van der Waals surface area contributed by atoms with Crippen molar-refractivity contribution in [3.05, 3.63) is 122 Å². The van der Waals surface area contributed by atoms with E-state index >= 15 is 8.78 Å². The van der Waals surface area contributed by atoms with Crippen LogP contribution < -0.4 is 5.46 Å². The number of hydrogen-bond donors (Lipinski definition) is 2. The fourth-order valence-corrected chi connectivity index (χ4v) is 17.6. The summed E-state index contributed by atoms with van der Waals surface area (Å²) in [6, 6.07) is 21.9. The minimum Gasteiger partial charge on any atom is -0.423 e. The standard InChI is InChI=1S/C38H54F2.C21H32BFO2.C17H24FI/c1-3-5-6-8-28-11-15-31(16-12-28)33-21-23-35(37(39)25-33)36-24-22-34(26-38(36)40)32-19-17-30(18-20-32)29-13-9-27(7-4-2)10-14-29;1-2-3-15-4-6-16(7-5-15)17-8-10-18(11-9-17)19-12-13-20(22(24)25)21(23)14-19;1-2-3-4-5-13-6-8-14(9-7-13)15-10-11-17(19)16(18)12-15/h21-32H,3-20H2,1-2H3;12-18,24-25H,2-11H2,1H3;10-14H,2-9H2,1H3. The van der Waals surface area contributed by atoms with Gasteiger partial charge in [-0.2, -0.15) is 0 Å². The van der Waals surface area contributed by atoms with Crippen molar-refractivity contribution in [2.75, 3.05) is 0 Å². The summed E-state index contributed by atoms with van der Waals surface area (Å²) in [4.78, 5) is 0. The molecule has 6 aliphatic rings. The van der Waals surface area contributed by atoms with Gasteiger partial charge in [0.25, 0.3) is 0 Å². The van der Waals surface area contributed by atoms with E-state index in [4.69, 9.17) is 10.0 Å². The second kappa shape index (κ2) is 34.9. The average Bonchev–Trinajstić information content (AvgIpc) is 3.19. The molecule has 0 aromatic heterocycles. The van der Waals surface area contributed by atoms with Crippen LogP contribution in [0.2, 0.25) is 0 Å². The quantitative estimate of drug-likeness (QED) is 0.0401. The molecule has 0 radical (unpaired) electrons. The van der Waals surface area contributed by atoms with E-state index in [9.17, 15) is 8.78 Å². The molecule has 0 saturated heterocycles. The van der Waals surface area contributed by atoms with E-state index in [1.165, 1.54) is 223 Å². The van der Waals surface area contributed by atoms with Crippen LogP contribution in [0.25, 0.3) is 11.1 Å². The zero-order valence-electron chi connectivity index (χ0n) is 52.7. The molecule has 0 amide bonds. The molecule has 0 spiro atoms. The lowest BCUT2D eigenvalue weighted by Crippen LogP contribution is -2.33. The Labute approximate surface area is 522 Å². The number of rotatable bonds is 20. The number of benzene rings is 4. The maximum absolute atomic E-state index is 15.4. The lowest BCUT2D eigenvalue weighted by Gasteiger charge is -2.38. The zero-order valence-corrected chi connectivity index (χ0v) is 54.8. The Kier molecular flexibility index (Phi) is 27.9. The third-order valence-electron chi connectivity index (χ3n) is 22.6. The van der Waals surface area contributed by atoms with Crippen molar-refractivity contribution in [3.8, 4) is 11.1 Å². The Morgan fingerprint density at radius 3 is 0.964 bits per heavy atom. The van der Waals surface area contributed by atoms with E-state index in [-0.39, 0.29) is 22.9 Å². The van der Waals surface area contributed by atoms with Crippen LogP contribution in [0.3, 0.4) is 0 Å². The molecule has 8 heteroatoms. The van der Waals surface area contributed by atoms with E-state index < -0.39 is 12.9 Å². The van der Waals surface area contributed by atoms with Crippen molar-refractivity contribution in [2.45, 2.75) is 283 Å². The lowest BCUT2D eigenvalue weighted by molar-refractivity contribution is 0.156. The van der Waals surface area contributed by atoms with E-state index in [2.05, 4.69) is 68.5 Å². The smallest absolute Gasteiger partial charge is 0.423 e. The van der Waals surface area contributed by atoms with Gasteiger partial charge in [0.15, 0.2) is 0 Å². The van der Waals surface area contributed by atoms with Crippen LogP contribution >= 0.6 is 22.6 Å². The van der Waals surface area contributed by atoms with Gasteiger partial charge in [0.1, 0.15) is 23.3 Å². The minimum atomic E-state index is -1.73. The second-order valence-electron chi connectivity index (χ2n) is 28.1. The van der Waals surface area contributed by atoms with Gasteiger partial charge in [0.2, 0.25) is 0 Å². The maximum atomic E-state index is 15.4. The molecule has 0 atom stereocenters. The summed E-state index contributed by atoms with van der Waals surface area (Å²) >= 11 is 2.06. The third-order valence-corrected chi connectivity index (χ3v) is 23.5. The van der Waals surface area contributed by atoms with Gasteiger partial charge in [-0.15, -0.1) is 0 Å². The van der Waals surface area contributed by atoms with Crippen molar-refractivity contribution in [1.29, 1.82) is 0 Å². The topological polar surface area (TPSA) is 40.5 Å². The SMILES string of the molecule is CCCC1CCC(C2CCC(c3ccc(B(O)O)c(F)c3)CC2)CC1.CCCCCC1CCC(c2ccc(-c3ccc(C4CCC(C5CCC(CCC)CC5)CC4)cc3F)c(F)c2)CC1.CCCCCC1CCC(c2ccc(I)c(F)c2)CC1. The molecule has 2 nitrogen and oxygen atoms in total. The summed E-state index contributed by atoms with van der Waals surface area (Å²) in [5.41, 5.74) is 5.23. The van der Waals surface area contributed by atoms with Crippen molar-refractivity contribution < 1.29 is 27.6 Å². The molecule has 84 heavy (non-hydrogen) atoms. The highest BCUT2D eigenvalue weighted by Gasteiger charge is 2.34. The molecule has 6 saturated carbocycles. The fourth-order valence-electron chi connectivity index (χ4n) is 17.3. The lowest BCUT2D eigenvalue weighted by atomic mass is 9.67. The van der Waals surface area contributed by atoms with Crippen LogP contribution in [0.4, 0.5) is 17.6 Å². The molecule has 0 bridgehead atoms. The summed E-state index contributed by atoms with van der Waals surface area (Å²) < 4.78 is 59.1. The number of unbranched alkanes of at least 4 members (excludes halogenated alkanes) is 4. The number of halogens is 5. The molecule has 6 fully saturated rings. The molecule has 4 aromatic carbocycles. The molecule has 6 aliphatic carbocycles.